The van der Waals surface area contributed by atoms with Gasteiger partial charge in [0.25, 0.3) is 6.43 Å². The van der Waals surface area contributed by atoms with E-state index < -0.39 is 6.43 Å². The van der Waals surface area contributed by atoms with E-state index >= 15 is 0 Å². The third kappa shape index (κ3) is 4.39. The highest BCUT2D eigenvalue weighted by atomic mass is 35.5. The minimum Gasteiger partial charge on any atom is -0.368 e. The summed E-state index contributed by atoms with van der Waals surface area (Å²) in [6.45, 7) is 5.20. The molecule has 3 aromatic rings. The molecule has 1 N–H and O–H groups in total. The largest absolute Gasteiger partial charge is 0.368 e. The molecule has 0 aromatic carbocycles. The van der Waals surface area contributed by atoms with Gasteiger partial charge in [0.2, 0.25) is 0 Å². The van der Waals surface area contributed by atoms with Crippen molar-refractivity contribution in [2.24, 2.45) is 5.92 Å². The number of fused-ring (bicyclic) bond motifs is 1. The van der Waals surface area contributed by atoms with Crippen LogP contribution in [0.4, 0.5) is 14.6 Å². The lowest BCUT2D eigenvalue weighted by molar-refractivity contribution is 0.147. The number of pyridine rings is 1. The molecule has 0 aliphatic heterocycles. The Balaban J connectivity index is 1.42. The molecule has 3 aromatic heterocycles. The Morgan fingerprint density at radius 2 is 1.93 bits per heavy atom. The molecule has 0 unspecified atom stereocenters. The smallest absolute Gasteiger partial charge is 0.281 e. The monoisotopic (exact) mass is 421 g/mol. The fraction of sp³-hybridized carbons (Fsp3) is 0.524. The summed E-state index contributed by atoms with van der Waals surface area (Å²) in [7, 11) is 0. The summed E-state index contributed by atoms with van der Waals surface area (Å²) in [4.78, 5) is 4.00. The van der Waals surface area contributed by atoms with Gasteiger partial charge in [-0.25, -0.2) is 13.8 Å². The van der Waals surface area contributed by atoms with Crippen LogP contribution in [0.3, 0.4) is 0 Å². The van der Waals surface area contributed by atoms with E-state index in [9.17, 15) is 8.78 Å². The zero-order valence-electron chi connectivity index (χ0n) is 16.7. The van der Waals surface area contributed by atoms with Gasteiger partial charge in [-0.2, -0.15) is 5.10 Å². The fourth-order valence-corrected chi connectivity index (χ4v) is 4.47. The molecule has 1 aliphatic rings. The number of nitrogens with zero attached hydrogens (tertiary/aromatic N) is 4. The molecule has 1 saturated carbocycles. The van der Waals surface area contributed by atoms with Crippen LogP contribution in [0.1, 0.15) is 63.1 Å². The highest BCUT2D eigenvalue weighted by Crippen LogP contribution is 2.37. The summed E-state index contributed by atoms with van der Waals surface area (Å²) in [6, 6.07) is 5.78. The number of nitrogens with one attached hydrogen (secondary N) is 1. The summed E-state index contributed by atoms with van der Waals surface area (Å²) in [5.74, 6) is 1.74. The van der Waals surface area contributed by atoms with Crippen LogP contribution in [0.5, 0.6) is 0 Å². The first-order chi connectivity index (χ1) is 13.9. The Bertz CT molecular complexity index is 973. The van der Waals surface area contributed by atoms with Crippen LogP contribution < -0.4 is 5.32 Å². The van der Waals surface area contributed by atoms with Crippen molar-refractivity contribution in [1.82, 2.24) is 19.2 Å². The van der Waals surface area contributed by atoms with Gasteiger partial charge in [0.05, 0.1) is 0 Å². The predicted octanol–water partition coefficient (Wildman–Crippen LogP) is 5.92. The number of hydrogen-bond acceptors (Lipinski definition) is 3. The quantitative estimate of drug-likeness (QED) is 0.537. The van der Waals surface area contributed by atoms with Gasteiger partial charge in [0.15, 0.2) is 5.15 Å². The topological polar surface area (TPSA) is 47.2 Å². The van der Waals surface area contributed by atoms with E-state index in [-0.39, 0.29) is 5.69 Å². The van der Waals surface area contributed by atoms with Crippen LogP contribution in [0.25, 0.3) is 5.65 Å². The van der Waals surface area contributed by atoms with E-state index in [0.29, 0.717) is 28.7 Å². The first-order valence-corrected chi connectivity index (χ1v) is 10.5. The molecular formula is C21H26ClF2N5. The maximum absolute atomic E-state index is 13.0. The lowest BCUT2D eigenvalue weighted by Gasteiger charge is -2.29. The number of alkyl halides is 2. The third-order valence-corrected chi connectivity index (χ3v) is 5.84. The van der Waals surface area contributed by atoms with Crippen LogP contribution in [0.2, 0.25) is 5.15 Å². The first-order valence-electron chi connectivity index (χ1n) is 10.2. The third-order valence-electron chi connectivity index (χ3n) is 5.55. The van der Waals surface area contributed by atoms with Crippen LogP contribution >= 0.6 is 11.6 Å². The van der Waals surface area contributed by atoms with Gasteiger partial charge >= 0.3 is 0 Å². The van der Waals surface area contributed by atoms with Crippen molar-refractivity contribution >= 4 is 23.1 Å². The average Bonchev–Trinajstić information content (AvgIpc) is 3.26. The minimum atomic E-state index is -2.57. The van der Waals surface area contributed by atoms with E-state index in [1.807, 2.05) is 16.8 Å². The number of imidazole rings is 1. The summed E-state index contributed by atoms with van der Waals surface area (Å²) in [5.41, 5.74) is 1.48. The predicted molar refractivity (Wildman–Crippen MR) is 111 cm³/mol. The Hall–Kier alpha value is -2.15. The second-order valence-electron chi connectivity index (χ2n) is 8.29. The fourth-order valence-electron chi connectivity index (χ4n) is 4.16. The van der Waals surface area contributed by atoms with Crippen molar-refractivity contribution < 1.29 is 8.78 Å². The molecule has 0 amide bonds. The Labute approximate surface area is 174 Å². The van der Waals surface area contributed by atoms with Crippen molar-refractivity contribution in [3.05, 3.63) is 47.0 Å². The molecule has 29 heavy (non-hydrogen) atoms. The maximum atomic E-state index is 13.0. The molecule has 1 fully saturated rings. The van der Waals surface area contributed by atoms with Crippen molar-refractivity contribution in [1.29, 1.82) is 0 Å². The molecule has 3 heterocycles. The average molecular weight is 422 g/mol. The van der Waals surface area contributed by atoms with Crippen LogP contribution in [0, 0.1) is 5.92 Å². The summed E-state index contributed by atoms with van der Waals surface area (Å²) in [6.07, 6.45) is 4.96. The van der Waals surface area contributed by atoms with Gasteiger partial charge in [-0.15, -0.1) is 0 Å². The summed E-state index contributed by atoms with van der Waals surface area (Å²) >= 11 is 6.40. The number of anilines is 1. The van der Waals surface area contributed by atoms with Gasteiger partial charge in [0, 0.05) is 30.5 Å². The minimum absolute atomic E-state index is 0.198. The molecule has 8 heteroatoms. The highest BCUT2D eigenvalue weighted by molar-refractivity contribution is 6.30. The lowest BCUT2D eigenvalue weighted by atomic mass is 9.83. The number of aromatic nitrogens is 4. The molecule has 0 atom stereocenters. The van der Waals surface area contributed by atoms with Gasteiger partial charge in [-0.05, 0) is 49.7 Å². The lowest BCUT2D eigenvalue weighted by Crippen LogP contribution is -2.26. The summed E-state index contributed by atoms with van der Waals surface area (Å²) < 4.78 is 29.6. The second kappa shape index (κ2) is 8.30. The Morgan fingerprint density at radius 3 is 2.62 bits per heavy atom. The van der Waals surface area contributed by atoms with E-state index in [2.05, 4.69) is 35.4 Å². The Morgan fingerprint density at radius 1 is 1.17 bits per heavy atom. The zero-order valence-corrected chi connectivity index (χ0v) is 17.4. The highest BCUT2D eigenvalue weighted by Gasteiger charge is 2.26. The molecule has 156 valence electrons. The van der Waals surface area contributed by atoms with E-state index in [4.69, 9.17) is 11.6 Å². The summed E-state index contributed by atoms with van der Waals surface area (Å²) in [5, 5.41) is 8.59. The molecule has 0 spiro atoms. The van der Waals surface area contributed by atoms with E-state index in [0.717, 1.165) is 43.6 Å². The zero-order chi connectivity index (χ0) is 20.5. The number of rotatable bonds is 6. The van der Waals surface area contributed by atoms with Gasteiger partial charge in [-0.1, -0.05) is 31.5 Å². The SMILES string of the molecule is CC(C)Cn1cc(C2CCC(Nc3cccc4nc(C(F)F)cn34)CC2)c(Cl)n1. The molecule has 4 rings (SSSR count). The van der Waals surface area contributed by atoms with Crippen LogP contribution in [0.15, 0.2) is 30.6 Å². The maximum Gasteiger partial charge on any atom is 0.281 e. The molecule has 5 nitrogen and oxygen atoms in total. The van der Waals surface area contributed by atoms with Crippen molar-refractivity contribution in [2.75, 3.05) is 5.32 Å². The molecule has 0 saturated heterocycles. The van der Waals surface area contributed by atoms with Gasteiger partial charge in [-0.3, -0.25) is 9.08 Å². The van der Waals surface area contributed by atoms with Gasteiger partial charge in [0.1, 0.15) is 17.2 Å². The number of halogens is 3. The molecule has 0 bridgehead atoms. The normalized spacial score (nSPS) is 20.1. The number of hydrogen-bond donors (Lipinski definition) is 1. The second-order valence-corrected chi connectivity index (χ2v) is 8.65. The van der Waals surface area contributed by atoms with Crippen molar-refractivity contribution in [3.63, 3.8) is 0 Å². The first kappa shape index (κ1) is 20.1. The molecular weight excluding hydrogens is 396 g/mol. The van der Waals surface area contributed by atoms with E-state index in [1.54, 1.807) is 10.5 Å². The van der Waals surface area contributed by atoms with Gasteiger partial charge < -0.3 is 5.32 Å². The van der Waals surface area contributed by atoms with Crippen LogP contribution in [-0.4, -0.2) is 25.2 Å². The van der Waals surface area contributed by atoms with Crippen LogP contribution in [-0.2, 0) is 6.54 Å². The standard InChI is InChI=1S/C21H26ClF2N5/c1-13(2)10-28-11-16(20(22)27-28)14-6-8-15(9-7-14)25-18-4-3-5-19-26-17(21(23)24)12-29(18)19/h3-5,11-15,21,25H,6-10H2,1-2H3. The molecule has 1 aliphatic carbocycles. The Kier molecular flexibility index (Phi) is 5.76. The van der Waals surface area contributed by atoms with Crippen molar-refractivity contribution in [2.45, 2.75) is 64.5 Å². The van der Waals surface area contributed by atoms with E-state index in [1.165, 1.54) is 6.20 Å². The molecule has 0 radical (unpaired) electrons. The van der Waals surface area contributed by atoms with Crippen molar-refractivity contribution in [3.8, 4) is 0 Å².